The molecule has 2 rings (SSSR count). The van der Waals surface area contributed by atoms with E-state index < -0.39 is 0 Å². The van der Waals surface area contributed by atoms with Crippen molar-refractivity contribution in [3.05, 3.63) is 53.2 Å². The molecule has 0 aliphatic carbocycles. The summed E-state index contributed by atoms with van der Waals surface area (Å²) < 4.78 is 5.73. The van der Waals surface area contributed by atoms with Crippen LogP contribution >= 0.6 is 0 Å². The Hall–Kier alpha value is -1.83. The molecule has 0 bridgehead atoms. The highest BCUT2D eigenvalue weighted by molar-refractivity contribution is 5.44. The van der Waals surface area contributed by atoms with Crippen LogP contribution < -0.4 is 4.74 Å². The van der Waals surface area contributed by atoms with Gasteiger partial charge in [0.15, 0.2) is 0 Å². The van der Waals surface area contributed by atoms with Gasteiger partial charge in [0.25, 0.3) is 0 Å². The van der Waals surface area contributed by atoms with Crippen molar-refractivity contribution < 1.29 is 4.74 Å². The molecule has 0 spiro atoms. The Morgan fingerprint density at radius 2 is 1.75 bits per heavy atom. The Labute approximate surface area is 95.9 Å². The normalized spacial score (nSPS) is 10.2. The third-order valence-corrected chi connectivity index (χ3v) is 2.86. The molecular weight excluding hydrogens is 198 g/mol. The quantitative estimate of drug-likeness (QED) is 0.757. The summed E-state index contributed by atoms with van der Waals surface area (Å²) >= 11 is 0. The molecule has 2 aromatic rings. The largest absolute Gasteiger partial charge is 0.439 e. The number of benzene rings is 1. The number of hydrogen-bond acceptors (Lipinski definition) is 2. The number of pyridine rings is 1. The number of hydrogen-bond donors (Lipinski definition) is 0. The predicted octanol–water partition coefficient (Wildman–Crippen LogP) is 3.80. The molecule has 0 saturated heterocycles. The Morgan fingerprint density at radius 1 is 0.938 bits per heavy atom. The molecule has 2 nitrogen and oxygen atoms in total. The van der Waals surface area contributed by atoms with Gasteiger partial charge in [0.05, 0.1) is 0 Å². The van der Waals surface area contributed by atoms with E-state index in [2.05, 4.69) is 31.8 Å². The maximum atomic E-state index is 5.73. The zero-order valence-corrected chi connectivity index (χ0v) is 9.82. The second kappa shape index (κ2) is 4.35. The van der Waals surface area contributed by atoms with Crippen molar-refractivity contribution in [3.8, 4) is 11.6 Å². The van der Waals surface area contributed by atoms with E-state index in [-0.39, 0.29) is 0 Å². The van der Waals surface area contributed by atoms with Crippen molar-refractivity contribution in [2.45, 2.75) is 20.8 Å². The topological polar surface area (TPSA) is 22.1 Å². The highest BCUT2D eigenvalue weighted by atomic mass is 16.5. The van der Waals surface area contributed by atoms with Gasteiger partial charge in [0, 0.05) is 12.3 Å². The van der Waals surface area contributed by atoms with Crippen molar-refractivity contribution in [1.29, 1.82) is 0 Å². The van der Waals surface area contributed by atoms with Gasteiger partial charge in [0.2, 0.25) is 5.88 Å². The average Bonchev–Trinajstić information content (AvgIpc) is 2.31. The maximum Gasteiger partial charge on any atom is 0.219 e. The molecule has 0 unspecified atom stereocenters. The van der Waals surface area contributed by atoms with Crippen molar-refractivity contribution in [1.82, 2.24) is 4.98 Å². The third-order valence-electron chi connectivity index (χ3n) is 2.86. The zero-order valence-electron chi connectivity index (χ0n) is 9.82. The first kappa shape index (κ1) is 10.7. The second-order valence-electron chi connectivity index (χ2n) is 3.90. The first-order valence-corrected chi connectivity index (χ1v) is 5.34. The van der Waals surface area contributed by atoms with E-state index in [0.717, 1.165) is 5.75 Å². The van der Waals surface area contributed by atoms with E-state index >= 15 is 0 Å². The van der Waals surface area contributed by atoms with E-state index in [1.54, 1.807) is 6.20 Å². The number of rotatable bonds is 2. The Kier molecular flexibility index (Phi) is 2.91. The molecule has 1 aromatic carbocycles. The van der Waals surface area contributed by atoms with Crippen molar-refractivity contribution in [3.63, 3.8) is 0 Å². The van der Waals surface area contributed by atoms with E-state index in [1.807, 2.05) is 24.3 Å². The van der Waals surface area contributed by atoms with Gasteiger partial charge < -0.3 is 4.74 Å². The standard InChI is InChI=1S/C14H15NO/c1-10-7-8-13(12(3)11(10)2)16-14-6-4-5-9-15-14/h4-9H,1-3H3. The minimum atomic E-state index is 0.633. The fraction of sp³-hybridized carbons (Fsp3) is 0.214. The summed E-state index contributed by atoms with van der Waals surface area (Å²) in [4.78, 5) is 4.15. The van der Waals surface area contributed by atoms with Crippen molar-refractivity contribution >= 4 is 0 Å². The molecule has 1 aromatic heterocycles. The van der Waals surface area contributed by atoms with E-state index in [1.165, 1.54) is 16.7 Å². The molecule has 0 radical (unpaired) electrons. The lowest BCUT2D eigenvalue weighted by Crippen LogP contribution is -1.93. The monoisotopic (exact) mass is 213 g/mol. The highest BCUT2D eigenvalue weighted by Gasteiger charge is 2.05. The van der Waals surface area contributed by atoms with E-state index in [9.17, 15) is 0 Å². The van der Waals surface area contributed by atoms with Gasteiger partial charge in [-0.1, -0.05) is 12.1 Å². The molecule has 0 N–H and O–H groups in total. The summed E-state index contributed by atoms with van der Waals surface area (Å²) in [6, 6.07) is 9.71. The predicted molar refractivity (Wildman–Crippen MR) is 65.0 cm³/mol. The summed E-state index contributed by atoms with van der Waals surface area (Å²) in [6.07, 6.45) is 1.73. The van der Waals surface area contributed by atoms with Crippen molar-refractivity contribution in [2.24, 2.45) is 0 Å². The number of nitrogens with zero attached hydrogens (tertiary/aromatic N) is 1. The Balaban J connectivity index is 2.33. The van der Waals surface area contributed by atoms with Gasteiger partial charge in [-0.15, -0.1) is 0 Å². The van der Waals surface area contributed by atoms with Gasteiger partial charge in [-0.05, 0) is 49.6 Å². The van der Waals surface area contributed by atoms with Crippen molar-refractivity contribution in [2.75, 3.05) is 0 Å². The number of aromatic nitrogens is 1. The van der Waals surface area contributed by atoms with Crippen LogP contribution in [0.2, 0.25) is 0 Å². The summed E-state index contributed by atoms with van der Waals surface area (Å²) in [6.45, 7) is 6.28. The average molecular weight is 213 g/mol. The van der Waals surface area contributed by atoms with Crippen LogP contribution in [0.1, 0.15) is 16.7 Å². The molecule has 0 aliphatic rings. The fourth-order valence-electron chi connectivity index (χ4n) is 1.56. The third kappa shape index (κ3) is 2.06. The molecule has 0 amide bonds. The lowest BCUT2D eigenvalue weighted by molar-refractivity contribution is 0.459. The van der Waals surface area contributed by atoms with Gasteiger partial charge >= 0.3 is 0 Å². The van der Waals surface area contributed by atoms with E-state index in [0.29, 0.717) is 5.88 Å². The molecule has 2 heteroatoms. The van der Waals surface area contributed by atoms with Crippen LogP contribution in [0.25, 0.3) is 0 Å². The molecule has 0 saturated carbocycles. The van der Waals surface area contributed by atoms with Crippen LogP contribution in [0.5, 0.6) is 11.6 Å². The second-order valence-corrected chi connectivity index (χ2v) is 3.90. The van der Waals surface area contributed by atoms with Crippen LogP contribution in [0.15, 0.2) is 36.5 Å². The Morgan fingerprint density at radius 3 is 2.44 bits per heavy atom. The van der Waals surface area contributed by atoms with Crippen LogP contribution in [0.3, 0.4) is 0 Å². The minimum Gasteiger partial charge on any atom is -0.439 e. The molecule has 0 fully saturated rings. The zero-order chi connectivity index (χ0) is 11.5. The highest BCUT2D eigenvalue weighted by Crippen LogP contribution is 2.27. The first-order chi connectivity index (χ1) is 7.68. The first-order valence-electron chi connectivity index (χ1n) is 5.34. The SMILES string of the molecule is Cc1ccc(Oc2ccccn2)c(C)c1C. The van der Waals surface area contributed by atoms with Crippen LogP contribution in [-0.2, 0) is 0 Å². The van der Waals surface area contributed by atoms with Gasteiger partial charge in [-0.2, -0.15) is 0 Å². The van der Waals surface area contributed by atoms with Crippen LogP contribution in [0.4, 0.5) is 0 Å². The van der Waals surface area contributed by atoms with Gasteiger partial charge in [0.1, 0.15) is 5.75 Å². The summed E-state index contributed by atoms with van der Waals surface area (Å²) in [5.74, 6) is 1.51. The molecule has 0 atom stereocenters. The number of aryl methyl sites for hydroxylation is 1. The van der Waals surface area contributed by atoms with Crippen LogP contribution in [0, 0.1) is 20.8 Å². The molecule has 1 heterocycles. The smallest absolute Gasteiger partial charge is 0.219 e. The summed E-state index contributed by atoms with van der Waals surface area (Å²) in [5, 5.41) is 0. The lowest BCUT2D eigenvalue weighted by atomic mass is 10.0. The molecule has 82 valence electrons. The molecule has 0 aliphatic heterocycles. The summed E-state index contributed by atoms with van der Waals surface area (Å²) in [5.41, 5.74) is 3.73. The Bertz CT molecular complexity index is 492. The minimum absolute atomic E-state index is 0.633. The maximum absolute atomic E-state index is 5.73. The van der Waals surface area contributed by atoms with E-state index in [4.69, 9.17) is 4.74 Å². The fourth-order valence-corrected chi connectivity index (χ4v) is 1.56. The lowest BCUT2D eigenvalue weighted by Gasteiger charge is -2.11. The van der Waals surface area contributed by atoms with Gasteiger partial charge in [-0.3, -0.25) is 0 Å². The molecular formula is C14H15NO. The van der Waals surface area contributed by atoms with Gasteiger partial charge in [-0.25, -0.2) is 4.98 Å². The summed E-state index contributed by atoms with van der Waals surface area (Å²) in [7, 11) is 0. The number of ether oxygens (including phenoxy) is 1. The molecule has 16 heavy (non-hydrogen) atoms. The van der Waals surface area contributed by atoms with Crippen LogP contribution in [-0.4, -0.2) is 4.98 Å².